The number of nitrogens with one attached hydrogen (secondary N) is 2. The van der Waals surface area contributed by atoms with Crippen molar-refractivity contribution in [1.29, 1.82) is 0 Å². The summed E-state index contributed by atoms with van der Waals surface area (Å²) in [4.78, 5) is 16.3. The molecule has 0 aliphatic carbocycles. The summed E-state index contributed by atoms with van der Waals surface area (Å²) in [6.07, 6.45) is 0.759. The molecule has 1 heterocycles. The molecule has 1 aromatic rings. The predicted molar refractivity (Wildman–Crippen MR) is 73.2 cm³/mol. The van der Waals surface area contributed by atoms with E-state index in [1.165, 1.54) is 0 Å². The lowest BCUT2D eigenvalue weighted by molar-refractivity contribution is 0.0930. The van der Waals surface area contributed by atoms with Gasteiger partial charge in [0.2, 0.25) is 0 Å². The van der Waals surface area contributed by atoms with E-state index in [4.69, 9.17) is 5.84 Å². The summed E-state index contributed by atoms with van der Waals surface area (Å²) in [6, 6.07) is 3.58. The minimum Gasteiger partial charge on any atom is -0.349 e. The number of carbonyl (C=O) groups is 1. The van der Waals surface area contributed by atoms with Gasteiger partial charge in [-0.05, 0) is 31.4 Å². The Balaban J connectivity index is 2.91. The van der Waals surface area contributed by atoms with Gasteiger partial charge >= 0.3 is 0 Å². The maximum atomic E-state index is 12.1. The third-order valence-electron chi connectivity index (χ3n) is 3.01. The molecule has 5 nitrogen and oxygen atoms in total. The topological polar surface area (TPSA) is 80.0 Å². The Labute approximate surface area is 108 Å². The molecule has 18 heavy (non-hydrogen) atoms. The van der Waals surface area contributed by atoms with Gasteiger partial charge in [0.1, 0.15) is 5.82 Å². The van der Waals surface area contributed by atoms with Crippen LogP contribution < -0.4 is 16.6 Å². The maximum Gasteiger partial charge on any atom is 0.251 e. The van der Waals surface area contributed by atoms with Crippen molar-refractivity contribution in [3.63, 3.8) is 0 Å². The first kappa shape index (κ1) is 14.4. The smallest absolute Gasteiger partial charge is 0.251 e. The summed E-state index contributed by atoms with van der Waals surface area (Å²) < 4.78 is 0. The van der Waals surface area contributed by atoms with Crippen LogP contribution in [0.5, 0.6) is 0 Å². The van der Waals surface area contributed by atoms with Gasteiger partial charge in [-0.15, -0.1) is 0 Å². The van der Waals surface area contributed by atoms with Gasteiger partial charge in [-0.3, -0.25) is 4.79 Å². The standard InChI is InChI=1S/C13H22N4O/c1-5-11-6-10(7-12(16-11)17-14)13(18)15-9(4)8(2)3/h6-9H,5,14H2,1-4H3,(H,15,18)(H,16,17). The molecule has 0 fully saturated rings. The minimum absolute atomic E-state index is 0.0928. The van der Waals surface area contributed by atoms with Crippen LogP contribution in [0.2, 0.25) is 0 Å². The molecule has 0 saturated heterocycles. The number of aromatic nitrogens is 1. The van der Waals surface area contributed by atoms with Crippen LogP contribution >= 0.6 is 0 Å². The van der Waals surface area contributed by atoms with Gasteiger partial charge in [0.15, 0.2) is 0 Å². The molecular weight excluding hydrogens is 228 g/mol. The van der Waals surface area contributed by atoms with E-state index < -0.39 is 0 Å². The first-order chi connectivity index (χ1) is 8.47. The molecule has 0 spiro atoms. The lowest BCUT2D eigenvalue weighted by Gasteiger charge is -2.17. The summed E-state index contributed by atoms with van der Waals surface area (Å²) in [6.45, 7) is 8.12. The molecule has 0 aromatic carbocycles. The number of rotatable bonds is 5. The van der Waals surface area contributed by atoms with Gasteiger partial charge in [-0.2, -0.15) is 0 Å². The normalized spacial score (nSPS) is 12.3. The number of carbonyl (C=O) groups excluding carboxylic acids is 1. The van der Waals surface area contributed by atoms with Crippen molar-refractivity contribution in [3.8, 4) is 0 Å². The van der Waals surface area contributed by atoms with Crippen molar-refractivity contribution in [2.45, 2.75) is 40.2 Å². The molecule has 4 N–H and O–H groups in total. The van der Waals surface area contributed by atoms with Crippen molar-refractivity contribution < 1.29 is 4.79 Å². The highest BCUT2D eigenvalue weighted by molar-refractivity contribution is 5.95. The molecule has 100 valence electrons. The van der Waals surface area contributed by atoms with Crippen LogP contribution in [0.25, 0.3) is 0 Å². The maximum absolute atomic E-state index is 12.1. The first-order valence-electron chi connectivity index (χ1n) is 6.26. The molecule has 0 radical (unpaired) electrons. The number of hydrogen-bond acceptors (Lipinski definition) is 4. The first-order valence-corrected chi connectivity index (χ1v) is 6.26. The van der Waals surface area contributed by atoms with Gasteiger partial charge in [0, 0.05) is 17.3 Å². The van der Waals surface area contributed by atoms with Gasteiger partial charge in [-0.1, -0.05) is 20.8 Å². The number of aryl methyl sites for hydroxylation is 1. The van der Waals surface area contributed by atoms with E-state index in [1.54, 1.807) is 12.1 Å². The van der Waals surface area contributed by atoms with E-state index in [9.17, 15) is 4.79 Å². The van der Waals surface area contributed by atoms with Crippen LogP contribution in [-0.4, -0.2) is 16.9 Å². The Morgan fingerprint density at radius 2 is 2.06 bits per heavy atom. The molecule has 1 unspecified atom stereocenters. The van der Waals surface area contributed by atoms with Crippen LogP contribution in [0.3, 0.4) is 0 Å². The van der Waals surface area contributed by atoms with Crippen LogP contribution in [0.15, 0.2) is 12.1 Å². The summed E-state index contributed by atoms with van der Waals surface area (Å²) in [5.74, 6) is 6.16. The van der Waals surface area contributed by atoms with E-state index in [-0.39, 0.29) is 11.9 Å². The average Bonchev–Trinajstić information content (AvgIpc) is 2.37. The highest BCUT2D eigenvalue weighted by Gasteiger charge is 2.14. The zero-order valence-corrected chi connectivity index (χ0v) is 11.4. The van der Waals surface area contributed by atoms with E-state index in [0.29, 0.717) is 17.3 Å². The van der Waals surface area contributed by atoms with E-state index in [1.807, 2.05) is 13.8 Å². The van der Waals surface area contributed by atoms with Crippen molar-refractivity contribution in [3.05, 3.63) is 23.4 Å². The quantitative estimate of drug-likeness (QED) is 0.549. The monoisotopic (exact) mass is 250 g/mol. The Hall–Kier alpha value is -1.62. The van der Waals surface area contributed by atoms with Crippen molar-refractivity contribution in [2.75, 3.05) is 5.43 Å². The molecule has 5 heteroatoms. The molecule has 1 rings (SSSR count). The van der Waals surface area contributed by atoms with Crippen LogP contribution in [0, 0.1) is 5.92 Å². The van der Waals surface area contributed by atoms with E-state index in [2.05, 4.69) is 29.6 Å². The Bertz CT molecular complexity index is 395. The molecule has 1 atom stereocenters. The third-order valence-corrected chi connectivity index (χ3v) is 3.01. The second-order valence-corrected chi connectivity index (χ2v) is 4.74. The Kier molecular flexibility index (Phi) is 5.09. The minimum atomic E-state index is -0.0928. The van der Waals surface area contributed by atoms with Crippen molar-refractivity contribution in [1.82, 2.24) is 10.3 Å². The fourth-order valence-electron chi connectivity index (χ4n) is 1.43. The number of nitrogen functional groups attached to an aromatic ring is 1. The zero-order chi connectivity index (χ0) is 13.7. The van der Waals surface area contributed by atoms with Gasteiger partial charge in [0.25, 0.3) is 5.91 Å². The lowest BCUT2D eigenvalue weighted by Crippen LogP contribution is -2.36. The number of hydrazine groups is 1. The van der Waals surface area contributed by atoms with Crippen LogP contribution in [0.1, 0.15) is 43.7 Å². The summed E-state index contributed by atoms with van der Waals surface area (Å²) in [7, 11) is 0. The second kappa shape index (κ2) is 6.35. The molecule has 0 aliphatic heterocycles. The molecule has 0 aliphatic rings. The number of anilines is 1. The lowest BCUT2D eigenvalue weighted by atomic mass is 10.1. The fraction of sp³-hybridized carbons (Fsp3) is 0.538. The van der Waals surface area contributed by atoms with Crippen LogP contribution in [0.4, 0.5) is 5.82 Å². The number of pyridine rings is 1. The fourth-order valence-corrected chi connectivity index (χ4v) is 1.43. The van der Waals surface area contributed by atoms with Crippen LogP contribution in [-0.2, 0) is 6.42 Å². The third kappa shape index (κ3) is 3.70. The number of hydrogen-bond donors (Lipinski definition) is 3. The van der Waals surface area contributed by atoms with Gasteiger partial charge in [-0.25, -0.2) is 10.8 Å². The van der Waals surface area contributed by atoms with Gasteiger partial charge in [0.05, 0.1) is 0 Å². The molecule has 0 saturated carbocycles. The summed E-state index contributed by atoms with van der Waals surface area (Å²) in [5, 5.41) is 2.96. The van der Waals surface area contributed by atoms with Crippen molar-refractivity contribution in [2.24, 2.45) is 11.8 Å². The number of nitrogens with two attached hydrogens (primary N) is 1. The molecular formula is C13H22N4O. The molecule has 0 bridgehead atoms. The SMILES string of the molecule is CCc1cc(C(=O)NC(C)C(C)C)cc(NN)n1. The highest BCUT2D eigenvalue weighted by atomic mass is 16.1. The number of amides is 1. The van der Waals surface area contributed by atoms with Gasteiger partial charge < -0.3 is 10.7 Å². The zero-order valence-electron chi connectivity index (χ0n) is 11.4. The second-order valence-electron chi connectivity index (χ2n) is 4.74. The summed E-state index contributed by atoms with van der Waals surface area (Å²) in [5.41, 5.74) is 3.91. The largest absolute Gasteiger partial charge is 0.349 e. The van der Waals surface area contributed by atoms with Crippen molar-refractivity contribution >= 4 is 11.7 Å². The molecule has 1 amide bonds. The highest BCUT2D eigenvalue weighted by Crippen LogP contribution is 2.11. The molecule has 1 aromatic heterocycles. The average molecular weight is 250 g/mol. The number of nitrogens with zero attached hydrogens (tertiary/aromatic N) is 1. The Morgan fingerprint density at radius 1 is 1.39 bits per heavy atom. The predicted octanol–water partition coefficient (Wildman–Crippen LogP) is 1.70. The van der Waals surface area contributed by atoms with E-state index >= 15 is 0 Å². The summed E-state index contributed by atoms with van der Waals surface area (Å²) >= 11 is 0. The Morgan fingerprint density at radius 3 is 2.56 bits per heavy atom. The van der Waals surface area contributed by atoms with E-state index in [0.717, 1.165) is 12.1 Å².